The van der Waals surface area contributed by atoms with Gasteiger partial charge in [0.1, 0.15) is 0 Å². The molecular formula is C14H20FN3O3. The van der Waals surface area contributed by atoms with Crippen LogP contribution in [0.25, 0.3) is 0 Å². The third kappa shape index (κ3) is 3.41. The summed E-state index contributed by atoms with van der Waals surface area (Å²) in [6.07, 6.45) is 2.18. The highest BCUT2D eigenvalue weighted by atomic mass is 19.1. The van der Waals surface area contributed by atoms with Crippen molar-refractivity contribution >= 4 is 11.4 Å². The zero-order chi connectivity index (χ0) is 15.4. The number of hydrogen-bond donors (Lipinski definition) is 1. The van der Waals surface area contributed by atoms with E-state index in [-0.39, 0.29) is 11.4 Å². The van der Waals surface area contributed by atoms with Crippen molar-refractivity contribution in [2.75, 3.05) is 31.6 Å². The van der Waals surface area contributed by atoms with Crippen LogP contribution in [0.5, 0.6) is 5.75 Å². The average Bonchev–Trinajstić information content (AvgIpc) is 2.97. The van der Waals surface area contributed by atoms with Crippen LogP contribution in [0.3, 0.4) is 0 Å². The van der Waals surface area contributed by atoms with Gasteiger partial charge in [0.25, 0.3) is 0 Å². The minimum absolute atomic E-state index is 0.0780. The molecule has 0 aliphatic carbocycles. The molecule has 1 unspecified atom stereocenters. The molecule has 0 saturated carbocycles. The quantitative estimate of drug-likeness (QED) is 0.644. The predicted octanol–water partition coefficient (Wildman–Crippen LogP) is 2.32. The summed E-state index contributed by atoms with van der Waals surface area (Å²) in [5.74, 6) is -0.517. The van der Waals surface area contributed by atoms with Crippen LogP contribution in [0.4, 0.5) is 15.8 Å². The Morgan fingerprint density at radius 3 is 2.86 bits per heavy atom. The lowest BCUT2D eigenvalue weighted by Gasteiger charge is -2.27. The minimum atomic E-state index is -0.638. The Morgan fingerprint density at radius 1 is 1.57 bits per heavy atom. The van der Waals surface area contributed by atoms with Gasteiger partial charge in [-0.3, -0.25) is 10.1 Å². The molecule has 1 heterocycles. The second-order valence-electron chi connectivity index (χ2n) is 5.06. The third-order valence-corrected chi connectivity index (χ3v) is 3.77. The van der Waals surface area contributed by atoms with Crippen LogP contribution in [0, 0.1) is 15.9 Å². The van der Waals surface area contributed by atoms with Gasteiger partial charge in [-0.25, -0.2) is 4.39 Å². The number of methoxy groups -OCH3 is 1. The lowest BCUT2D eigenvalue weighted by molar-refractivity contribution is -0.385. The number of nitro benzene ring substituents is 1. The van der Waals surface area contributed by atoms with E-state index < -0.39 is 10.7 Å². The molecule has 0 amide bonds. The van der Waals surface area contributed by atoms with Crippen LogP contribution < -0.4 is 15.0 Å². The molecule has 1 N–H and O–H groups in total. The second-order valence-corrected chi connectivity index (χ2v) is 5.06. The van der Waals surface area contributed by atoms with Crippen LogP contribution in [0.15, 0.2) is 12.1 Å². The smallest absolute Gasteiger partial charge is 0.313 e. The molecule has 2 rings (SSSR count). The number of nitrogens with one attached hydrogen (secondary N) is 1. The average molecular weight is 297 g/mol. The van der Waals surface area contributed by atoms with Crippen LogP contribution >= 0.6 is 0 Å². The summed E-state index contributed by atoms with van der Waals surface area (Å²) in [5, 5.41) is 14.3. The number of ether oxygens (including phenoxy) is 1. The molecule has 1 atom stereocenters. The first-order valence-electron chi connectivity index (χ1n) is 7.07. The van der Waals surface area contributed by atoms with Crippen molar-refractivity contribution in [1.82, 2.24) is 5.32 Å². The molecule has 116 valence electrons. The molecule has 7 heteroatoms. The molecular weight excluding hydrogens is 277 g/mol. The van der Waals surface area contributed by atoms with Crippen molar-refractivity contribution in [3.05, 3.63) is 28.1 Å². The number of anilines is 1. The molecule has 21 heavy (non-hydrogen) atoms. The summed E-state index contributed by atoms with van der Waals surface area (Å²) in [4.78, 5) is 12.1. The molecule has 1 saturated heterocycles. The first-order chi connectivity index (χ1) is 10.1. The van der Waals surface area contributed by atoms with Gasteiger partial charge < -0.3 is 15.0 Å². The fourth-order valence-corrected chi connectivity index (χ4v) is 2.66. The van der Waals surface area contributed by atoms with Gasteiger partial charge in [0.15, 0.2) is 11.6 Å². The van der Waals surface area contributed by atoms with Crippen molar-refractivity contribution in [2.45, 2.75) is 25.8 Å². The molecule has 0 bridgehead atoms. The Morgan fingerprint density at radius 2 is 2.33 bits per heavy atom. The number of nitro groups is 1. The molecule has 0 spiro atoms. The number of halogens is 1. The molecule has 6 nitrogen and oxygen atoms in total. The van der Waals surface area contributed by atoms with Crippen LogP contribution in [-0.4, -0.2) is 37.7 Å². The van der Waals surface area contributed by atoms with E-state index in [1.807, 2.05) is 11.8 Å². The normalized spacial score (nSPS) is 17.8. The van der Waals surface area contributed by atoms with E-state index >= 15 is 0 Å². The van der Waals surface area contributed by atoms with E-state index in [1.54, 1.807) is 0 Å². The Bertz CT molecular complexity index is 518. The first-order valence-corrected chi connectivity index (χ1v) is 7.07. The van der Waals surface area contributed by atoms with Crippen molar-refractivity contribution in [2.24, 2.45) is 0 Å². The molecule has 0 aromatic heterocycles. The van der Waals surface area contributed by atoms with Gasteiger partial charge in [-0.05, 0) is 26.3 Å². The zero-order valence-electron chi connectivity index (χ0n) is 12.3. The molecule has 1 aromatic carbocycles. The Hall–Kier alpha value is -1.89. The van der Waals surface area contributed by atoms with E-state index in [0.29, 0.717) is 24.8 Å². The summed E-state index contributed by atoms with van der Waals surface area (Å²) in [6, 6.07) is 2.66. The van der Waals surface area contributed by atoms with E-state index in [2.05, 4.69) is 5.32 Å². The standard InChI is InChI=1S/C14H20FN3O3/c1-3-17(9-10-5-4-6-16-10)12-8-14(21-2)13(18(19)20)7-11(12)15/h7-8,10,16H,3-6,9H2,1-2H3. The maximum absolute atomic E-state index is 14.2. The van der Waals surface area contributed by atoms with Crippen LogP contribution in [-0.2, 0) is 0 Å². The van der Waals surface area contributed by atoms with E-state index in [1.165, 1.54) is 13.2 Å². The third-order valence-electron chi connectivity index (χ3n) is 3.77. The molecule has 1 aliphatic heterocycles. The Balaban J connectivity index is 2.29. The monoisotopic (exact) mass is 297 g/mol. The number of likely N-dealkylation sites (N-methyl/N-ethyl adjacent to an activating group) is 1. The molecule has 0 radical (unpaired) electrons. The number of hydrogen-bond acceptors (Lipinski definition) is 5. The molecule has 1 fully saturated rings. The number of rotatable bonds is 6. The maximum Gasteiger partial charge on any atom is 0.313 e. The highest BCUT2D eigenvalue weighted by molar-refractivity contribution is 5.60. The Labute approximate surface area is 123 Å². The summed E-state index contributed by atoms with van der Waals surface area (Å²) >= 11 is 0. The van der Waals surface area contributed by atoms with Crippen LogP contribution in [0.1, 0.15) is 19.8 Å². The maximum atomic E-state index is 14.2. The Kier molecular flexibility index (Phi) is 4.95. The molecule has 1 aromatic rings. The summed E-state index contributed by atoms with van der Waals surface area (Å²) in [6.45, 7) is 4.21. The van der Waals surface area contributed by atoms with Gasteiger partial charge in [-0.15, -0.1) is 0 Å². The van der Waals surface area contributed by atoms with Gasteiger partial charge >= 0.3 is 5.69 Å². The SMILES string of the molecule is CCN(CC1CCCN1)c1cc(OC)c([N+](=O)[O-])cc1F. The topological polar surface area (TPSA) is 67.6 Å². The zero-order valence-corrected chi connectivity index (χ0v) is 12.3. The second kappa shape index (κ2) is 6.71. The highest BCUT2D eigenvalue weighted by Crippen LogP contribution is 2.34. The van der Waals surface area contributed by atoms with Gasteiger partial charge in [0.05, 0.1) is 23.8 Å². The summed E-state index contributed by atoms with van der Waals surface area (Å²) in [7, 11) is 1.35. The van der Waals surface area contributed by atoms with Crippen LogP contribution in [0.2, 0.25) is 0 Å². The lowest BCUT2D eigenvalue weighted by atomic mass is 10.1. The minimum Gasteiger partial charge on any atom is -0.490 e. The predicted molar refractivity (Wildman–Crippen MR) is 78.5 cm³/mol. The van der Waals surface area contributed by atoms with Gasteiger partial charge in [-0.2, -0.15) is 0 Å². The van der Waals surface area contributed by atoms with Crippen molar-refractivity contribution < 1.29 is 14.1 Å². The fraction of sp³-hybridized carbons (Fsp3) is 0.571. The van der Waals surface area contributed by atoms with Gasteiger partial charge in [-0.1, -0.05) is 0 Å². The number of benzene rings is 1. The van der Waals surface area contributed by atoms with Crippen molar-refractivity contribution in [1.29, 1.82) is 0 Å². The molecule has 1 aliphatic rings. The van der Waals surface area contributed by atoms with Gasteiger partial charge in [0, 0.05) is 25.2 Å². The van der Waals surface area contributed by atoms with E-state index in [9.17, 15) is 14.5 Å². The highest BCUT2D eigenvalue weighted by Gasteiger charge is 2.24. The van der Waals surface area contributed by atoms with Gasteiger partial charge in [0.2, 0.25) is 0 Å². The van der Waals surface area contributed by atoms with Crippen molar-refractivity contribution in [3.63, 3.8) is 0 Å². The lowest BCUT2D eigenvalue weighted by Crippen LogP contribution is -2.38. The van der Waals surface area contributed by atoms with E-state index in [4.69, 9.17) is 4.74 Å². The van der Waals surface area contributed by atoms with Crippen molar-refractivity contribution in [3.8, 4) is 5.75 Å². The number of nitrogens with zero attached hydrogens (tertiary/aromatic N) is 2. The summed E-state index contributed by atoms with van der Waals surface area (Å²) < 4.78 is 19.2. The largest absolute Gasteiger partial charge is 0.490 e. The van der Waals surface area contributed by atoms with E-state index in [0.717, 1.165) is 25.5 Å². The fourth-order valence-electron chi connectivity index (χ4n) is 2.66. The summed E-state index contributed by atoms with van der Waals surface area (Å²) in [5.41, 5.74) is -0.0116. The first kappa shape index (κ1) is 15.5.